The summed E-state index contributed by atoms with van der Waals surface area (Å²) in [6.07, 6.45) is 6.23. The number of hydrogen-bond donors (Lipinski definition) is 4. The van der Waals surface area contributed by atoms with Crippen LogP contribution < -0.4 is 16.0 Å². The number of aliphatic carboxylic acids is 1. The van der Waals surface area contributed by atoms with Crippen molar-refractivity contribution in [2.75, 3.05) is 6.54 Å². The molecule has 22 heavy (non-hydrogen) atoms. The van der Waals surface area contributed by atoms with Gasteiger partial charge < -0.3 is 21.1 Å². The van der Waals surface area contributed by atoms with Crippen LogP contribution in [0.5, 0.6) is 0 Å². The molecule has 0 radical (unpaired) electrons. The van der Waals surface area contributed by atoms with Crippen LogP contribution in [0.4, 0.5) is 4.79 Å². The Morgan fingerprint density at radius 2 is 2.14 bits per heavy atom. The molecule has 4 N–H and O–H groups in total. The summed E-state index contributed by atoms with van der Waals surface area (Å²) in [7, 11) is 0. The normalized spacial score (nSPS) is 33.8. The number of rotatable bonds is 5. The number of fused-ring (bicyclic) bond motifs is 1. The molecule has 3 fully saturated rings. The van der Waals surface area contributed by atoms with Crippen LogP contribution in [0.15, 0.2) is 10.6 Å². The zero-order chi connectivity index (χ0) is 15.5. The zero-order valence-corrected chi connectivity index (χ0v) is 13.4. The van der Waals surface area contributed by atoms with Crippen molar-refractivity contribution in [3.8, 4) is 0 Å². The first kappa shape index (κ1) is 15.5. The summed E-state index contributed by atoms with van der Waals surface area (Å²) < 4.78 is 0. The Balaban J connectivity index is 1.64. The Hall–Kier alpha value is -1.37. The maximum absolute atomic E-state index is 11.7. The third kappa shape index (κ3) is 3.34. The molecule has 0 aromatic rings. The molecular weight excluding hydrogens is 302 g/mol. The third-order valence-corrected chi connectivity index (χ3v) is 6.11. The summed E-state index contributed by atoms with van der Waals surface area (Å²) in [5.41, 5.74) is 1.29. The van der Waals surface area contributed by atoms with Crippen LogP contribution in [-0.2, 0) is 4.79 Å². The van der Waals surface area contributed by atoms with Crippen molar-refractivity contribution in [2.45, 2.75) is 62.3 Å². The SMILES string of the molecule is O=C(O)CCCC[C@H]1S/C(=C2\CCCCN2)[C@H]2NC(=O)N[C@H]21. The fourth-order valence-corrected chi connectivity index (χ4v) is 5.09. The summed E-state index contributed by atoms with van der Waals surface area (Å²) in [6.45, 7) is 1.02. The quantitative estimate of drug-likeness (QED) is 0.457. The molecule has 0 aliphatic carbocycles. The lowest BCUT2D eigenvalue weighted by atomic mass is 9.99. The molecule has 0 aromatic carbocycles. The van der Waals surface area contributed by atoms with Crippen molar-refractivity contribution in [1.29, 1.82) is 0 Å². The lowest BCUT2D eigenvalue weighted by Crippen LogP contribution is -2.37. The molecule has 7 heteroatoms. The van der Waals surface area contributed by atoms with E-state index in [1.54, 1.807) is 0 Å². The lowest BCUT2D eigenvalue weighted by molar-refractivity contribution is -0.137. The number of thioether (sulfide) groups is 1. The van der Waals surface area contributed by atoms with E-state index in [1.165, 1.54) is 23.4 Å². The van der Waals surface area contributed by atoms with Gasteiger partial charge in [-0.3, -0.25) is 4.79 Å². The Bertz CT molecular complexity index is 486. The molecule has 0 saturated carbocycles. The summed E-state index contributed by atoms with van der Waals surface area (Å²) in [4.78, 5) is 23.6. The second-order valence-electron chi connectivity index (χ2n) is 6.14. The number of carbonyl (C=O) groups is 2. The summed E-state index contributed by atoms with van der Waals surface area (Å²) in [5.74, 6) is -0.734. The molecule has 6 nitrogen and oxygen atoms in total. The van der Waals surface area contributed by atoms with E-state index >= 15 is 0 Å². The predicted molar refractivity (Wildman–Crippen MR) is 85.6 cm³/mol. The number of piperidine rings is 1. The Kier molecular flexibility index (Phi) is 4.81. The standard InChI is InChI=1S/C15H23N3O3S/c19-11(20)7-2-1-6-10-12-13(18-15(21)17-12)14(22-10)9-5-3-4-8-16-9/h10,12-13,16H,1-8H2,(H,19,20)(H2,17,18,21)/b14-9+/t10-,12+,13+/m1/s1. The second kappa shape index (κ2) is 6.81. The summed E-state index contributed by atoms with van der Waals surface area (Å²) in [6, 6.07) is 0.135. The lowest BCUT2D eigenvalue weighted by Gasteiger charge is -2.21. The smallest absolute Gasteiger partial charge is 0.315 e. The number of amides is 2. The van der Waals surface area contributed by atoms with Crippen LogP contribution in [-0.4, -0.2) is 41.0 Å². The van der Waals surface area contributed by atoms with Crippen LogP contribution in [0.3, 0.4) is 0 Å². The summed E-state index contributed by atoms with van der Waals surface area (Å²) in [5, 5.41) is 18.6. The van der Waals surface area contributed by atoms with Crippen LogP contribution >= 0.6 is 11.8 Å². The minimum atomic E-state index is -0.734. The topological polar surface area (TPSA) is 90.5 Å². The molecule has 122 valence electrons. The maximum Gasteiger partial charge on any atom is 0.315 e. The van der Waals surface area contributed by atoms with Gasteiger partial charge in [0, 0.05) is 28.8 Å². The van der Waals surface area contributed by atoms with Crippen molar-refractivity contribution in [3.63, 3.8) is 0 Å². The minimum absolute atomic E-state index is 0.0836. The van der Waals surface area contributed by atoms with E-state index in [-0.39, 0.29) is 24.5 Å². The van der Waals surface area contributed by atoms with E-state index in [2.05, 4.69) is 16.0 Å². The van der Waals surface area contributed by atoms with Crippen LogP contribution in [0.25, 0.3) is 0 Å². The highest BCUT2D eigenvalue weighted by Crippen LogP contribution is 2.44. The van der Waals surface area contributed by atoms with E-state index in [1.807, 2.05) is 11.8 Å². The molecule has 0 aromatic heterocycles. The van der Waals surface area contributed by atoms with E-state index in [0.717, 1.165) is 25.8 Å². The van der Waals surface area contributed by atoms with Crippen LogP contribution in [0.1, 0.15) is 44.9 Å². The Labute approximate surface area is 134 Å². The first-order valence-corrected chi connectivity index (χ1v) is 8.95. The summed E-state index contributed by atoms with van der Waals surface area (Å²) >= 11 is 1.86. The number of unbranched alkanes of at least 4 members (excludes halogenated alkanes) is 1. The van der Waals surface area contributed by atoms with E-state index in [4.69, 9.17) is 5.11 Å². The van der Waals surface area contributed by atoms with E-state index in [0.29, 0.717) is 11.7 Å². The first-order valence-electron chi connectivity index (χ1n) is 8.07. The van der Waals surface area contributed by atoms with Crippen molar-refractivity contribution in [1.82, 2.24) is 16.0 Å². The first-order chi connectivity index (χ1) is 10.6. The number of carboxylic acid groups (broad SMARTS) is 1. The van der Waals surface area contributed by atoms with Crippen LogP contribution in [0.2, 0.25) is 0 Å². The van der Waals surface area contributed by atoms with Crippen LogP contribution in [0, 0.1) is 0 Å². The van der Waals surface area contributed by atoms with Gasteiger partial charge in [0.15, 0.2) is 0 Å². The van der Waals surface area contributed by atoms with Gasteiger partial charge in [0.25, 0.3) is 0 Å². The van der Waals surface area contributed by atoms with Gasteiger partial charge >= 0.3 is 12.0 Å². The average molecular weight is 325 g/mol. The van der Waals surface area contributed by atoms with Gasteiger partial charge in [-0.25, -0.2) is 4.79 Å². The Morgan fingerprint density at radius 1 is 1.27 bits per heavy atom. The van der Waals surface area contributed by atoms with Crippen molar-refractivity contribution >= 4 is 23.8 Å². The molecule has 0 spiro atoms. The highest BCUT2D eigenvalue weighted by molar-refractivity contribution is 8.04. The van der Waals surface area contributed by atoms with Crippen molar-refractivity contribution in [3.05, 3.63) is 10.6 Å². The van der Waals surface area contributed by atoms with Gasteiger partial charge in [0.1, 0.15) is 0 Å². The Morgan fingerprint density at radius 3 is 2.86 bits per heavy atom. The average Bonchev–Trinajstić information content (AvgIpc) is 3.02. The van der Waals surface area contributed by atoms with E-state index in [9.17, 15) is 9.59 Å². The van der Waals surface area contributed by atoms with Gasteiger partial charge in [-0.05, 0) is 32.1 Å². The molecule has 3 aliphatic rings. The molecule has 3 atom stereocenters. The van der Waals surface area contributed by atoms with Gasteiger partial charge in [0.05, 0.1) is 12.1 Å². The molecule has 0 unspecified atom stereocenters. The molecule has 3 saturated heterocycles. The predicted octanol–water partition coefficient (Wildman–Crippen LogP) is 1.78. The highest BCUT2D eigenvalue weighted by Gasteiger charge is 2.47. The van der Waals surface area contributed by atoms with E-state index < -0.39 is 5.97 Å². The molecule has 3 heterocycles. The minimum Gasteiger partial charge on any atom is -0.481 e. The number of allylic oxidation sites excluding steroid dienone is 1. The van der Waals surface area contributed by atoms with Gasteiger partial charge in [0.2, 0.25) is 0 Å². The fourth-order valence-electron chi connectivity index (χ4n) is 3.44. The molecule has 0 bridgehead atoms. The van der Waals surface area contributed by atoms with Crippen molar-refractivity contribution in [2.24, 2.45) is 0 Å². The number of hydrogen-bond acceptors (Lipinski definition) is 4. The number of carbonyl (C=O) groups excluding carboxylic acids is 1. The zero-order valence-electron chi connectivity index (χ0n) is 12.6. The molecule has 2 amide bonds. The molecule has 3 rings (SSSR count). The maximum atomic E-state index is 11.7. The monoisotopic (exact) mass is 325 g/mol. The molecular formula is C15H23N3O3S. The van der Waals surface area contributed by atoms with Crippen molar-refractivity contribution < 1.29 is 14.7 Å². The third-order valence-electron chi connectivity index (χ3n) is 4.52. The van der Waals surface area contributed by atoms with Gasteiger partial charge in [-0.2, -0.15) is 0 Å². The fraction of sp³-hybridized carbons (Fsp3) is 0.733. The highest BCUT2D eigenvalue weighted by atomic mass is 32.2. The number of carboxylic acids is 1. The molecule has 3 aliphatic heterocycles. The van der Waals surface area contributed by atoms with Gasteiger partial charge in [-0.15, -0.1) is 11.8 Å². The van der Waals surface area contributed by atoms with Gasteiger partial charge in [-0.1, -0.05) is 6.42 Å². The second-order valence-corrected chi connectivity index (χ2v) is 7.42. The largest absolute Gasteiger partial charge is 0.481 e. The number of nitrogens with one attached hydrogen (secondary N) is 3. The number of urea groups is 1.